The molecule has 0 N–H and O–H groups in total. The molecule has 0 atom stereocenters. The summed E-state index contributed by atoms with van der Waals surface area (Å²) < 4.78 is 38.0. The van der Waals surface area contributed by atoms with Crippen LogP contribution < -0.4 is 0 Å². The van der Waals surface area contributed by atoms with Crippen molar-refractivity contribution in [3.63, 3.8) is 0 Å². The van der Waals surface area contributed by atoms with Gasteiger partial charge in [0.2, 0.25) is 5.89 Å². The van der Waals surface area contributed by atoms with Crippen molar-refractivity contribution in [2.24, 2.45) is 13.0 Å². The second kappa shape index (κ2) is 7.30. The molecule has 0 unspecified atom stereocenters. The number of aromatic nitrogens is 3. The topological polar surface area (TPSA) is 87.2 Å². The van der Waals surface area contributed by atoms with Crippen molar-refractivity contribution in [2.45, 2.75) is 57.6 Å². The maximum absolute atomic E-state index is 13.1. The summed E-state index contributed by atoms with van der Waals surface area (Å²) in [6, 6.07) is 1.97. The summed E-state index contributed by atoms with van der Waals surface area (Å²) in [5.74, 6) is 0.989. The van der Waals surface area contributed by atoms with E-state index in [1.807, 2.05) is 13.1 Å². The van der Waals surface area contributed by atoms with E-state index in [4.69, 9.17) is 9.15 Å². The number of hydrogen-bond donors (Lipinski definition) is 0. The average Bonchev–Trinajstić information content (AvgIpc) is 3.21. The minimum Gasteiger partial charge on any atom is -0.437 e. The molecule has 1 aliphatic heterocycles. The van der Waals surface area contributed by atoms with Crippen LogP contribution in [-0.4, -0.2) is 42.1 Å². The van der Waals surface area contributed by atoms with E-state index in [0.29, 0.717) is 19.0 Å². The van der Waals surface area contributed by atoms with Crippen LogP contribution in [0.4, 0.5) is 0 Å². The van der Waals surface area contributed by atoms with Crippen molar-refractivity contribution in [2.75, 3.05) is 19.0 Å². The molecule has 7 nitrogen and oxygen atoms in total. The van der Waals surface area contributed by atoms with E-state index in [1.54, 1.807) is 24.7 Å². The van der Waals surface area contributed by atoms with Crippen molar-refractivity contribution in [3.05, 3.63) is 23.8 Å². The van der Waals surface area contributed by atoms with Crippen molar-refractivity contribution in [1.29, 1.82) is 0 Å². The van der Waals surface area contributed by atoms with Gasteiger partial charge in [-0.15, -0.1) is 0 Å². The lowest BCUT2D eigenvalue weighted by Gasteiger charge is -2.27. The molecule has 0 aromatic carbocycles. The summed E-state index contributed by atoms with van der Waals surface area (Å²) in [4.78, 5) is 4.32. The number of rotatable bonds is 5. The lowest BCUT2D eigenvalue weighted by Crippen LogP contribution is -2.35. The molecule has 28 heavy (non-hydrogen) atoms. The quantitative estimate of drug-likeness (QED) is 0.752. The first-order valence-corrected chi connectivity index (χ1v) is 11.4. The van der Waals surface area contributed by atoms with Crippen LogP contribution in [0.1, 0.15) is 59.0 Å². The van der Waals surface area contributed by atoms with Gasteiger partial charge < -0.3 is 9.15 Å². The van der Waals surface area contributed by atoms with Crippen LogP contribution in [0.25, 0.3) is 11.5 Å². The fourth-order valence-corrected chi connectivity index (χ4v) is 5.03. The molecule has 1 aliphatic rings. The Bertz CT molecular complexity index is 929. The van der Waals surface area contributed by atoms with Gasteiger partial charge in [0.15, 0.2) is 15.6 Å². The van der Waals surface area contributed by atoms with Crippen molar-refractivity contribution in [3.8, 4) is 11.5 Å². The van der Waals surface area contributed by atoms with Crippen LogP contribution in [0.15, 0.2) is 16.7 Å². The summed E-state index contributed by atoms with van der Waals surface area (Å²) >= 11 is 0. The molecule has 2 aromatic heterocycles. The number of oxazole rings is 1. The van der Waals surface area contributed by atoms with Crippen LogP contribution in [0, 0.1) is 5.92 Å². The third-order valence-corrected chi connectivity index (χ3v) is 8.13. The average molecular weight is 410 g/mol. The highest BCUT2D eigenvalue weighted by Gasteiger charge is 2.42. The molecule has 3 heterocycles. The molecule has 8 heteroatoms. The highest BCUT2D eigenvalue weighted by molar-refractivity contribution is 7.92. The lowest BCUT2D eigenvalue weighted by molar-refractivity contribution is 0.0722. The maximum atomic E-state index is 13.1. The Kier molecular flexibility index (Phi) is 5.49. The minimum absolute atomic E-state index is 0.0921. The van der Waals surface area contributed by atoms with E-state index in [1.165, 1.54) is 0 Å². The predicted octanol–water partition coefficient (Wildman–Crippen LogP) is 3.45. The first-order chi connectivity index (χ1) is 12.9. The second-order valence-electron chi connectivity index (χ2n) is 9.17. The molecule has 0 radical (unpaired) electrons. The van der Waals surface area contributed by atoms with Gasteiger partial charge in [-0.3, -0.25) is 4.68 Å². The van der Waals surface area contributed by atoms with E-state index in [0.717, 1.165) is 24.2 Å². The number of aryl methyl sites for hydroxylation is 1. The van der Waals surface area contributed by atoms with Gasteiger partial charge >= 0.3 is 0 Å². The molecule has 0 spiro atoms. The van der Waals surface area contributed by atoms with Gasteiger partial charge in [-0.25, -0.2) is 13.4 Å². The maximum Gasteiger partial charge on any atom is 0.215 e. The van der Waals surface area contributed by atoms with Crippen LogP contribution in [0.2, 0.25) is 0 Å². The molecular weight excluding hydrogens is 378 g/mol. The standard InChI is InChI=1S/C20H31N3O4S/c1-19(2,3)17-11-15(23(6)22-17)16-12-21-18(27-16)20(4,5)28(24,25)13-14-7-9-26-10-8-14/h11-12,14H,7-10,13H2,1-6H3. The molecule has 3 rings (SSSR count). The Balaban J connectivity index is 1.87. The van der Waals surface area contributed by atoms with Crippen molar-refractivity contribution in [1.82, 2.24) is 14.8 Å². The summed E-state index contributed by atoms with van der Waals surface area (Å²) in [5, 5.41) is 4.55. The Hall–Kier alpha value is -1.67. The van der Waals surface area contributed by atoms with E-state index in [2.05, 4.69) is 30.9 Å². The normalized spacial score (nSPS) is 17.2. The van der Waals surface area contributed by atoms with Gasteiger partial charge in [-0.1, -0.05) is 20.8 Å². The minimum atomic E-state index is -3.44. The predicted molar refractivity (Wildman–Crippen MR) is 108 cm³/mol. The van der Waals surface area contributed by atoms with Gasteiger partial charge in [0.25, 0.3) is 0 Å². The third kappa shape index (κ3) is 4.03. The van der Waals surface area contributed by atoms with E-state index in [-0.39, 0.29) is 23.0 Å². The summed E-state index contributed by atoms with van der Waals surface area (Å²) in [5.41, 5.74) is 1.63. The van der Waals surface area contributed by atoms with Crippen molar-refractivity contribution >= 4 is 9.84 Å². The fourth-order valence-electron chi connectivity index (χ4n) is 3.30. The zero-order chi connectivity index (χ0) is 20.7. The molecule has 0 saturated carbocycles. The zero-order valence-corrected chi connectivity index (χ0v) is 18.5. The fraction of sp³-hybridized carbons (Fsp3) is 0.700. The molecule has 1 saturated heterocycles. The second-order valence-corrected chi connectivity index (χ2v) is 11.7. The smallest absolute Gasteiger partial charge is 0.215 e. The zero-order valence-electron chi connectivity index (χ0n) is 17.7. The third-order valence-electron chi connectivity index (χ3n) is 5.49. The van der Waals surface area contributed by atoms with E-state index >= 15 is 0 Å². The number of nitrogens with zero attached hydrogens (tertiary/aromatic N) is 3. The highest BCUT2D eigenvalue weighted by atomic mass is 32.2. The number of ether oxygens (including phenoxy) is 1. The van der Waals surface area contributed by atoms with E-state index < -0.39 is 14.6 Å². The van der Waals surface area contributed by atoms with Crippen molar-refractivity contribution < 1.29 is 17.6 Å². The Morgan fingerprint density at radius 2 is 1.82 bits per heavy atom. The number of hydrogen-bond acceptors (Lipinski definition) is 6. The van der Waals surface area contributed by atoms with Gasteiger partial charge in [0, 0.05) is 25.7 Å². The molecule has 2 aromatic rings. The molecule has 0 aliphatic carbocycles. The van der Waals surface area contributed by atoms with Crippen LogP contribution in [0.3, 0.4) is 0 Å². The highest BCUT2D eigenvalue weighted by Crippen LogP contribution is 2.35. The summed E-state index contributed by atoms with van der Waals surface area (Å²) in [6.45, 7) is 10.9. The van der Waals surface area contributed by atoms with Gasteiger partial charge in [-0.2, -0.15) is 5.10 Å². The molecule has 0 bridgehead atoms. The first-order valence-electron chi connectivity index (χ1n) is 9.73. The Morgan fingerprint density at radius 1 is 1.18 bits per heavy atom. The number of sulfone groups is 1. The summed E-state index contributed by atoms with van der Waals surface area (Å²) in [6.07, 6.45) is 3.14. The van der Waals surface area contributed by atoms with Gasteiger partial charge in [0.05, 0.1) is 17.6 Å². The van der Waals surface area contributed by atoms with E-state index in [9.17, 15) is 8.42 Å². The molecule has 1 fully saturated rings. The van der Waals surface area contributed by atoms with Crippen LogP contribution in [-0.2, 0) is 31.8 Å². The largest absolute Gasteiger partial charge is 0.437 e. The van der Waals surface area contributed by atoms with Gasteiger partial charge in [0.1, 0.15) is 10.4 Å². The van der Waals surface area contributed by atoms with Gasteiger partial charge in [-0.05, 0) is 38.7 Å². The van der Waals surface area contributed by atoms with Crippen LogP contribution >= 0.6 is 0 Å². The molecule has 156 valence electrons. The Labute approximate surface area is 167 Å². The first kappa shape index (κ1) is 21.0. The summed E-state index contributed by atoms with van der Waals surface area (Å²) in [7, 11) is -1.60. The molecule has 0 amide bonds. The van der Waals surface area contributed by atoms with Crippen LogP contribution in [0.5, 0.6) is 0 Å². The lowest BCUT2D eigenvalue weighted by atomic mass is 9.92. The monoisotopic (exact) mass is 409 g/mol. The molecular formula is C20H31N3O4S. The Morgan fingerprint density at radius 3 is 2.39 bits per heavy atom. The SMILES string of the molecule is Cn1nc(C(C)(C)C)cc1-c1cnc(C(C)(C)S(=O)(=O)CC2CCOCC2)o1.